The summed E-state index contributed by atoms with van der Waals surface area (Å²) in [6, 6.07) is 9.41. The van der Waals surface area contributed by atoms with E-state index >= 15 is 0 Å². The number of benzene rings is 1. The van der Waals surface area contributed by atoms with Gasteiger partial charge in [-0.25, -0.2) is 0 Å². The number of carbonyl (C=O) groups excluding carboxylic acids is 2. The van der Waals surface area contributed by atoms with Crippen LogP contribution in [0.15, 0.2) is 30.3 Å². The Bertz CT molecular complexity index is 518. The van der Waals surface area contributed by atoms with Gasteiger partial charge in [0.1, 0.15) is 11.8 Å². The number of fused-ring (bicyclic) bond motifs is 1. The van der Waals surface area contributed by atoms with Gasteiger partial charge in [0, 0.05) is 13.1 Å². The minimum absolute atomic E-state index is 0.0843. The monoisotopic (exact) mass is 288 g/mol. The molecule has 1 aromatic rings. The molecule has 0 spiro atoms. The maximum absolute atomic E-state index is 12.3. The third-order valence-corrected chi connectivity index (χ3v) is 4.08. The molecule has 2 heterocycles. The standard InChI is InChI=1S/C16H20N2O3/c19-15-12-17(16(20)14-8-4-10-18(14)15)9-5-11-21-13-6-2-1-3-7-13/h1-3,6-7,14H,4-5,8-12H2. The van der Waals surface area contributed by atoms with E-state index in [-0.39, 0.29) is 24.4 Å². The molecule has 1 unspecified atom stereocenters. The van der Waals surface area contributed by atoms with Crippen molar-refractivity contribution < 1.29 is 14.3 Å². The van der Waals surface area contributed by atoms with Gasteiger partial charge >= 0.3 is 0 Å². The molecule has 0 bridgehead atoms. The summed E-state index contributed by atoms with van der Waals surface area (Å²) < 4.78 is 5.61. The van der Waals surface area contributed by atoms with E-state index < -0.39 is 0 Å². The minimum Gasteiger partial charge on any atom is -0.494 e. The number of carbonyl (C=O) groups is 2. The predicted molar refractivity (Wildman–Crippen MR) is 77.9 cm³/mol. The summed E-state index contributed by atoms with van der Waals surface area (Å²) in [6.07, 6.45) is 2.48. The molecule has 2 aliphatic rings. The molecule has 1 atom stereocenters. The summed E-state index contributed by atoms with van der Waals surface area (Å²) in [5.41, 5.74) is 0. The van der Waals surface area contributed by atoms with Crippen molar-refractivity contribution in [2.24, 2.45) is 0 Å². The van der Waals surface area contributed by atoms with Crippen LogP contribution in [0.2, 0.25) is 0 Å². The van der Waals surface area contributed by atoms with Gasteiger partial charge in [-0.2, -0.15) is 0 Å². The Morgan fingerprint density at radius 1 is 1.19 bits per heavy atom. The highest BCUT2D eigenvalue weighted by Crippen LogP contribution is 2.23. The van der Waals surface area contributed by atoms with E-state index in [4.69, 9.17) is 4.74 Å². The van der Waals surface area contributed by atoms with Gasteiger partial charge in [0.25, 0.3) is 0 Å². The first kappa shape index (κ1) is 13.9. The second-order valence-corrected chi connectivity index (χ2v) is 5.52. The summed E-state index contributed by atoms with van der Waals surface area (Å²) in [5.74, 6) is 1.02. The van der Waals surface area contributed by atoms with Crippen LogP contribution in [0.1, 0.15) is 19.3 Å². The van der Waals surface area contributed by atoms with Crippen molar-refractivity contribution in [2.45, 2.75) is 25.3 Å². The molecule has 2 saturated heterocycles. The van der Waals surface area contributed by atoms with Crippen LogP contribution in [0.5, 0.6) is 5.75 Å². The number of hydrogen-bond donors (Lipinski definition) is 0. The highest BCUT2D eigenvalue weighted by molar-refractivity contribution is 5.95. The number of amides is 2. The van der Waals surface area contributed by atoms with Crippen molar-refractivity contribution >= 4 is 11.8 Å². The quantitative estimate of drug-likeness (QED) is 0.767. The molecule has 0 aromatic heterocycles. The predicted octanol–water partition coefficient (Wildman–Crippen LogP) is 1.29. The first-order chi connectivity index (χ1) is 10.3. The van der Waals surface area contributed by atoms with E-state index in [2.05, 4.69) is 0 Å². The Labute approximate surface area is 124 Å². The van der Waals surface area contributed by atoms with E-state index in [1.54, 1.807) is 9.80 Å². The van der Waals surface area contributed by atoms with Crippen molar-refractivity contribution in [1.29, 1.82) is 0 Å². The second kappa shape index (κ2) is 6.16. The Hall–Kier alpha value is -2.04. The van der Waals surface area contributed by atoms with Crippen molar-refractivity contribution in [1.82, 2.24) is 9.80 Å². The van der Waals surface area contributed by atoms with Crippen LogP contribution in [-0.4, -0.2) is 53.9 Å². The largest absolute Gasteiger partial charge is 0.494 e. The van der Waals surface area contributed by atoms with Gasteiger partial charge < -0.3 is 14.5 Å². The van der Waals surface area contributed by atoms with E-state index in [1.165, 1.54) is 0 Å². The van der Waals surface area contributed by atoms with E-state index in [0.717, 1.165) is 31.6 Å². The summed E-state index contributed by atoms with van der Waals surface area (Å²) in [7, 11) is 0. The van der Waals surface area contributed by atoms with Crippen LogP contribution in [0.3, 0.4) is 0 Å². The van der Waals surface area contributed by atoms with Crippen LogP contribution in [0, 0.1) is 0 Å². The van der Waals surface area contributed by atoms with Gasteiger partial charge in [-0.05, 0) is 31.4 Å². The summed E-state index contributed by atoms with van der Waals surface area (Å²) >= 11 is 0. The maximum Gasteiger partial charge on any atom is 0.245 e. The molecular formula is C16H20N2O3. The molecule has 5 nitrogen and oxygen atoms in total. The number of para-hydroxylation sites is 1. The molecule has 0 radical (unpaired) electrons. The van der Waals surface area contributed by atoms with Crippen LogP contribution >= 0.6 is 0 Å². The van der Waals surface area contributed by atoms with E-state index in [1.807, 2.05) is 30.3 Å². The zero-order chi connectivity index (χ0) is 14.7. The Morgan fingerprint density at radius 3 is 2.81 bits per heavy atom. The summed E-state index contributed by atoms with van der Waals surface area (Å²) in [5, 5.41) is 0. The Balaban J connectivity index is 1.47. The molecule has 112 valence electrons. The van der Waals surface area contributed by atoms with Crippen LogP contribution < -0.4 is 4.74 Å². The average Bonchev–Trinajstić information content (AvgIpc) is 3.00. The third-order valence-electron chi connectivity index (χ3n) is 4.08. The molecule has 0 N–H and O–H groups in total. The topological polar surface area (TPSA) is 49.9 Å². The molecule has 2 fully saturated rings. The highest BCUT2D eigenvalue weighted by Gasteiger charge is 2.41. The molecule has 2 aliphatic heterocycles. The van der Waals surface area contributed by atoms with Gasteiger partial charge in [-0.15, -0.1) is 0 Å². The zero-order valence-electron chi connectivity index (χ0n) is 12.0. The molecule has 21 heavy (non-hydrogen) atoms. The molecule has 3 rings (SSSR count). The first-order valence-electron chi connectivity index (χ1n) is 7.52. The molecule has 5 heteroatoms. The van der Waals surface area contributed by atoms with Gasteiger partial charge in [0.15, 0.2) is 0 Å². The molecule has 2 amide bonds. The number of ether oxygens (including phenoxy) is 1. The summed E-state index contributed by atoms with van der Waals surface area (Å²) in [6.45, 7) is 2.10. The van der Waals surface area contributed by atoms with Crippen LogP contribution in [0.4, 0.5) is 0 Å². The highest BCUT2D eigenvalue weighted by atomic mass is 16.5. The van der Waals surface area contributed by atoms with Crippen molar-refractivity contribution in [3.8, 4) is 5.75 Å². The second-order valence-electron chi connectivity index (χ2n) is 5.52. The van der Waals surface area contributed by atoms with Crippen LogP contribution in [0.25, 0.3) is 0 Å². The lowest BCUT2D eigenvalue weighted by Gasteiger charge is -2.36. The van der Waals surface area contributed by atoms with Gasteiger partial charge in [0.05, 0.1) is 13.2 Å². The van der Waals surface area contributed by atoms with Gasteiger partial charge in [-0.1, -0.05) is 18.2 Å². The fourth-order valence-corrected chi connectivity index (χ4v) is 3.02. The SMILES string of the molecule is O=C1C2CCCN2C(=O)CN1CCCOc1ccccc1. The number of hydrogen-bond acceptors (Lipinski definition) is 3. The fraction of sp³-hybridized carbons (Fsp3) is 0.500. The van der Waals surface area contributed by atoms with Crippen molar-refractivity contribution in [3.63, 3.8) is 0 Å². The Kier molecular flexibility index (Phi) is 4.08. The van der Waals surface area contributed by atoms with Gasteiger partial charge in [-0.3, -0.25) is 9.59 Å². The molecule has 0 aliphatic carbocycles. The van der Waals surface area contributed by atoms with Crippen LogP contribution in [-0.2, 0) is 9.59 Å². The first-order valence-corrected chi connectivity index (χ1v) is 7.52. The number of nitrogens with zero attached hydrogens (tertiary/aromatic N) is 2. The van der Waals surface area contributed by atoms with E-state index in [9.17, 15) is 9.59 Å². The lowest BCUT2D eigenvalue weighted by Crippen LogP contribution is -2.57. The molecular weight excluding hydrogens is 268 g/mol. The number of rotatable bonds is 5. The summed E-state index contributed by atoms with van der Waals surface area (Å²) in [4.78, 5) is 27.7. The fourth-order valence-electron chi connectivity index (χ4n) is 3.02. The molecule has 0 saturated carbocycles. The smallest absolute Gasteiger partial charge is 0.245 e. The van der Waals surface area contributed by atoms with Crippen molar-refractivity contribution in [3.05, 3.63) is 30.3 Å². The van der Waals surface area contributed by atoms with Gasteiger partial charge in [0.2, 0.25) is 11.8 Å². The maximum atomic E-state index is 12.3. The lowest BCUT2D eigenvalue weighted by atomic mass is 10.1. The van der Waals surface area contributed by atoms with E-state index in [0.29, 0.717) is 13.2 Å². The van der Waals surface area contributed by atoms with Crippen molar-refractivity contribution in [2.75, 3.05) is 26.2 Å². The normalized spacial score (nSPS) is 21.6. The minimum atomic E-state index is -0.207. The Morgan fingerprint density at radius 2 is 2.00 bits per heavy atom. The lowest BCUT2D eigenvalue weighted by molar-refractivity contribution is -0.153. The third kappa shape index (κ3) is 3.01. The average molecular weight is 288 g/mol. The molecule has 1 aromatic carbocycles. The zero-order valence-corrected chi connectivity index (χ0v) is 12.0. The number of piperazine rings is 1.